The first kappa shape index (κ1) is 21.8. The van der Waals surface area contributed by atoms with Crippen molar-refractivity contribution < 1.29 is 33.7 Å². The van der Waals surface area contributed by atoms with Gasteiger partial charge in [-0.3, -0.25) is 4.79 Å². The SMILES string of the molecule is O=C1N[C@@H](C2CCCCC2)C(=O)N2C[C@@H](C[C@H]2C(=O)O)OCCCOCCCO1. The van der Waals surface area contributed by atoms with Crippen molar-refractivity contribution in [3.8, 4) is 0 Å². The van der Waals surface area contributed by atoms with Crippen LogP contribution in [0.2, 0.25) is 0 Å². The highest BCUT2D eigenvalue weighted by Crippen LogP contribution is 2.30. The minimum absolute atomic E-state index is 0.0135. The molecule has 0 unspecified atom stereocenters. The van der Waals surface area contributed by atoms with E-state index >= 15 is 0 Å². The van der Waals surface area contributed by atoms with Crippen molar-refractivity contribution in [1.82, 2.24) is 10.2 Å². The molecule has 1 saturated carbocycles. The molecule has 3 atom stereocenters. The van der Waals surface area contributed by atoms with Gasteiger partial charge in [-0.05, 0) is 25.2 Å². The topological polar surface area (TPSA) is 114 Å². The number of alkyl carbamates (subject to hydrolysis) is 1. The molecule has 2 N–H and O–H groups in total. The van der Waals surface area contributed by atoms with E-state index in [1.807, 2.05) is 0 Å². The first-order chi connectivity index (χ1) is 14.1. The highest BCUT2D eigenvalue weighted by molar-refractivity contribution is 5.90. The van der Waals surface area contributed by atoms with E-state index in [0.29, 0.717) is 32.7 Å². The van der Waals surface area contributed by atoms with E-state index < -0.39 is 24.1 Å². The Morgan fingerprint density at radius 1 is 1.00 bits per heavy atom. The second-order valence-corrected chi connectivity index (χ2v) is 8.05. The molecule has 2 amide bonds. The van der Waals surface area contributed by atoms with Gasteiger partial charge in [-0.15, -0.1) is 0 Å². The van der Waals surface area contributed by atoms with Crippen LogP contribution in [0.25, 0.3) is 0 Å². The van der Waals surface area contributed by atoms with E-state index in [1.165, 1.54) is 4.90 Å². The van der Waals surface area contributed by atoms with Gasteiger partial charge in [-0.1, -0.05) is 19.3 Å². The largest absolute Gasteiger partial charge is 0.480 e. The Bertz CT molecular complexity index is 579. The molecule has 9 nitrogen and oxygen atoms in total. The second kappa shape index (κ2) is 10.8. The van der Waals surface area contributed by atoms with Crippen LogP contribution in [0, 0.1) is 5.92 Å². The quantitative estimate of drug-likeness (QED) is 0.707. The Kier molecular flexibility index (Phi) is 8.11. The van der Waals surface area contributed by atoms with E-state index in [4.69, 9.17) is 14.2 Å². The van der Waals surface area contributed by atoms with Crippen molar-refractivity contribution >= 4 is 18.0 Å². The van der Waals surface area contributed by atoms with Crippen molar-refractivity contribution in [1.29, 1.82) is 0 Å². The number of carbonyl (C=O) groups is 3. The van der Waals surface area contributed by atoms with Gasteiger partial charge in [-0.2, -0.15) is 0 Å². The van der Waals surface area contributed by atoms with Gasteiger partial charge < -0.3 is 29.5 Å². The smallest absolute Gasteiger partial charge is 0.407 e. The van der Waals surface area contributed by atoms with E-state index in [2.05, 4.69) is 5.32 Å². The monoisotopic (exact) mass is 412 g/mol. The summed E-state index contributed by atoms with van der Waals surface area (Å²) >= 11 is 0. The first-order valence-electron chi connectivity index (χ1n) is 10.7. The van der Waals surface area contributed by atoms with Gasteiger partial charge in [0.2, 0.25) is 5.91 Å². The van der Waals surface area contributed by atoms with Crippen LogP contribution >= 0.6 is 0 Å². The van der Waals surface area contributed by atoms with Crippen LogP contribution in [0.4, 0.5) is 4.79 Å². The van der Waals surface area contributed by atoms with E-state index in [9.17, 15) is 19.5 Å². The number of carbonyl (C=O) groups excluding carboxylic acids is 2. The molecule has 3 fully saturated rings. The average Bonchev–Trinajstić information content (AvgIpc) is 3.15. The summed E-state index contributed by atoms with van der Waals surface area (Å²) in [7, 11) is 0. The van der Waals surface area contributed by atoms with Gasteiger partial charge in [0.15, 0.2) is 0 Å². The molecule has 0 spiro atoms. The lowest BCUT2D eigenvalue weighted by Gasteiger charge is -2.33. The normalized spacial score (nSPS) is 31.2. The fourth-order valence-corrected chi connectivity index (χ4v) is 4.43. The fraction of sp³-hybridized carbons (Fsp3) is 0.850. The highest BCUT2D eigenvalue weighted by Gasteiger charge is 2.44. The number of carboxylic acids is 1. The van der Waals surface area contributed by atoms with E-state index in [0.717, 1.165) is 32.1 Å². The van der Waals surface area contributed by atoms with Gasteiger partial charge >= 0.3 is 12.1 Å². The van der Waals surface area contributed by atoms with Crippen LogP contribution in [-0.2, 0) is 23.8 Å². The molecule has 2 aliphatic heterocycles. The number of cyclic esters (lactones) is 1. The zero-order valence-electron chi connectivity index (χ0n) is 16.8. The Morgan fingerprint density at radius 2 is 1.72 bits per heavy atom. The molecule has 29 heavy (non-hydrogen) atoms. The molecule has 1 aliphatic carbocycles. The third-order valence-corrected chi connectivity index (χ3v) is 5.94. The van der Waals surface area contributed by atoms with Crippen LogP contribution < -0.4 is 5.32 Å². The summed E-state index contributed by atoms with van der Waals surface area (Å²) in [5, 5.41) is 12.4. The van der Waals surface area contributed by atoms with Crippen LogP contribution in [0.5, 0.6) is 0 Å². The van der Waals surface area contributed by atoms with Crippen LogP contribution in [0.3, 0.4) is 0 Å². The summed E-state index contributed by atoms with van der Waals surface area (Å²) in [6, 6.07) is -1.71. The fourth-order valence-electron chi connectivity index (χ4n) is 4.43. The second-order valence-electron chi connectivity index (χ2n) is 8.05. The first-order valence-corrected chi connectivity index (χ1v) is 10.7. The minimum atomic E-state index is -1.05. The molecular formula is C20H32N2O7. The number of amides is 2. The number of carboxylic acid groups (broad SMARTS) is 1. The van der Waals surface area contributed by atoms with Crippen molar-refractivity contribution in [3.63, 3.8) is 0 Å². The molecular weight excluding hydrogens is 380 g/mol. The van der Waals surface area contributed by atoms with Crippen molar-refractivity contribution in [3.05, 3.63) is 0 Å². The minimum Gasteiger partial charge on any atom is -0.480 e. The average molecular weight is 412 g/mol. The summed E-state index contributed by atoms with van der Waals surface area (Å²) < 4.78 is 16.5. The number of ether oxygens (including phenoxy) is 3. The molecule has 0 aromatic carbocycles. The van der Waals surface area contributed by atoms with E-state index in [1.54, 1.807) is 0 Å². The molecule has 0 aromatic rings. The summed E-state index contributed by atoms with van der Waals surface area (Å²) in [6.45, 7) is 1.89. The van der Waals surface area contributed by atoms with Gasteiger partial charge in [0.05, 0.1) is 12.7 Å². The predicted octanol–water partition coefficient (Wildman–Crippen LogP) is 1.54. The molecule has 0 aromatic heterocycles. The standard InChI is InChI=1S/C20H32N2O7/c23-18-17(14-6-2-1-3-7-14)21-20(26)29-11-5-9-27-8-4-10-28-15-12-16(19(24)25)22(18)13-15/h14-17H,1-13H2,(H,21,26)(H,24,25)/t15-,16+,17+/m1/s1. The molecule has 9 heteroatoms. The molecule has 164 valence electrons. The summed E-state index contributed by atoms with van der Waals surface area (Å²) in [6.07, 6.45) is 5.31. The van der Waals surface area contributed by atoms with Crippen molar-refractivity contribution in [2.45, 2.75) is 69.6 Å². The number of hydrogen-bond donors (Lipinski definition) is 2. The Hall–Kier alpha value is -1.87. The maximum absolute atomic E-state index is 13.4. The zero-order valence-corrected chi connectivity index (χ0v) is 16.8. The third-order valence-electron chi connectivity index (χ3n) is 5.94. The van der Waals surface area contributed by atoms with E-state index in [-0.39, 0.29) is 37.5 Å². The number of hydrogen-bond acceptors (Lipinski definition) is 6. The summed E-state index contributed by atoms with van der Waals surface area (Å²) in [5.74, 6) is -1.40. The molecule has 2 bridgehead atoms. The summed E-state index contributed by atoms with van der Waals surface area (Å²) in [5.41, 5.74) is 0. The van der Waals surface area contributed by atoms with Crippen molar-refractivity contribution in [2.75, 3.05) is 33.0 Å². The van der Waals surface area contributed by atoms with Crippen LogP contribution in [-0.4, -0.2) is 79.1 Å². The lowest BCUT2D eigenvalue weighted by atomic mass is 9.83. The molecule has 0 radical (unpaired) electrons. The van der Waals surface area contributed by atoms with Gasteiger partial charge in [-0.25, -0.2) is 9.59 Å². The lowest BCUT2D eigenvalue weighted by Crippen LogP contribution is -2.55. The molecule has 2 saturated heterocycles. The number of nitrogens with zero attached hydrogens (tertiary/aromatic N) is 1. The Labute approximate surface area is 171 Å². The third kappa shape index (κ3) is 6.05. The molecule has 3 rings (SSSR count). The maximum atomic E-state index is 13.4. The molecule has 2 heterocycles. The number of aliphatic carboxylic acids is 1. The number of rotatable bonds is 2. The maximum Gasteiger partial charge on any atom is 0.407 e. The number of fused-ring (bicyclic) bond motifs is 2. The molecule has 3 aliphatic rings. The zero-order chi connectivity index (χ0) is 20.6. The van der Waals surface area contributed by atoms with Gasteiger partial charge in [0, 0.05) is 39.2 Å². The summed E-state index contributed by atoms with van der Waals surface area (Å²) in [4.78, 5) is 38.8. The van der Waals surface area contributed by atoms with Crippen LogP contribution in [0.1, 0.15) is 51.4 Å². The van der Waals surface area contributed by atoms with Crippen LogP contribution in [0.15, 0.2) is 0 Å². The predicted molar refractivity (Wildman–Crippen MR) is 102 cm³/mol. The van der Waals surface area contributed by atoms with Gasteiger partial charge in [0.25, 0.3) is 0 Å². The van der Waals surface area contributed by atoms with Crippen molar-refractivity contribution in [2.24, 2.45) is 5.92 Å². The van der Waals surface area contributed by atoms with Gasteiger partial charge in [0.1, 0.15) is 12.1 Å². The highest BCUT2D eigenvalue weighted by atomic mass is 16.6. The number of nitrogens with one attached hydrogen (secondary N) is 1. The lowest BCUT2D eigenvalue weighted by molar-refractivity contribution is -0.149. The Morgan fingerprint density at radius 3 is 2.45 bits per heavy atom. The Balaban J connectivity index is 1.77.